The van der Waals surface area contributed by atoms with Crippen LogP contribution in [0.25, 0.3) is 0 Å². The Balaban J connectivity index is 2.70. The van der Waals surface area contributed by atoms with Crippen molar-refractivity contribution in [1.82, 2.24) is 0 Å². The third-order valence-corrected chi connectivity index (χ3v) is 1.15. The smallest absolute Gasteiger partial charge is 0.0704 e. The van der Waals surface area contributed by atoms with Crippen LogP contribution in [-0.4, -0.2) is 31.8 Å². The molecule has 60 valence electrons. The van der Waals surface area contributed by atoms with Crippen molar-refractivity contribution in [2.24, 2.45) is 0 Å². The Hall–Kier alpha value is 0.140. The molecule has 2 nitrogen and oxygen atoms in total. The van der Waals surface area contributed by atoms with Crippen LogP contribution in [0.15, 0.2) is 12.7 Å². The van der Waals surface area contributed by atoms with Gasteiger partial charge in [-0.3, -0.25) is 0 Å². The summed E-state index contributed by atoms with van der Waals surface area (Å²) in [7, 11) is 0. The Bertz CT molecular complexity index is 76.0. The third kappa shape index (κ3) is 8.14. The maximum atomic E-state index is 5.12. The van der Waals surface area contributed by atoms with Gasteiger partial charge >= 0.3 is 0 Å². The molecule has 0 aliphatic carbocycles. The summed E-state index contributed by atoms with van der Waals surface area (Å²) in [5, 5.41) is 0.883. The summed E-state index contributed by atoms with van der Waals surface area (Å²) < 4.78 is 10.2. The molecule has 10 heavy (non-hydrogen) atoms. The number of ether oxygens (including phenoxy) is 2. The molecule has 0 aliphatic heterocycles. The van der Waals surface area contributed by atoms with E-state index >= 15 is 0 Å². The highest BCUT2D eigenvalue weighted by atomic mass is 79.9. The zero-order valence-electron chi connectivity index (χ0n) is 6.01. The molecule has 0 spiro atoms. The van der Waals surface area contributed by atoms with E-state index in [2.05, 4.69) is 22.5 Å². The van der Waals surface area contributed by atoms with Gasteiger partial charge in [-0.25, -0.2) is 0 Å². The van der Waals surface area contributed by atoms with Crippen LogP contribution < -0.4 is 0 Å². The highest BCUT2D eigenvalue weighted by molar-refractivity contribution is 9.09. The van der Waals surface area contributed by atoms with Crippen molar-refractivity contribution >= 4 is 15.9 Å². The first kappa shape index (κ1) is 10.1. The minimum atomic E-state index is 0.609. The van der Waals surface area contributed by atoms with Gasteiger partial charge in [0.05, 0.1) is 26.4 Å². The van der Waals surface area contributed by atoms with Crippen molar-refractivity contribution in [1.29, 1.82) is 0 Å². The van der Waals surface area contributed by atoms with Crippen molar-refractivity contribution in [2.75, 3.05) is 31.8 Å². The number of hydrogen-bond donors (Lipinski definition) is 0. The van der Waals surface area contributed by atoms with Gasteiger partial charge in [0, 0.05) is 5.33 Å². The molecule has 0 rings (SSSR count). The normalized spacial score (nSPS) is 9.70. The lowest BCUT2D eigenvalue weighted by Crippen LogP contribution is -2.05. The van der Waals surface area contributed by atoms with E-state index in [9.17, 15) is 0 Å². The Morgan fingerprint density at radius 3 is 2.50 bits per heavy atom. The Kier molecular flexibility index (Phi) is 9.27. The van der Waals surface area contributed by atoms with E-state index < -0.39 is 0 Å². The standard InChI is InChI=1S/C7H13BrO2/c1-2-4-9-6-7-10-5-3-8/h2H,1,3-7H2. The molecular formula is C7H13BrO2. The highest BCUT2D eigenvalue weighted by Crippen LogP contribution is 1.82. The van der Waals surface area contributed by atoms with E-state index in [1.54, 1.807) is 6.08 Å². The first-order chi connectivity index (χ1) is 4.91. The second kappa shape index (κ2) is 9.14. The predicted octanol–water partition coefficient (Wildman–Crippen LogP) is 1.60. The Morgan fingerprint density at radius 1 is 1.20 bits per heavy atom. The molecule has 0 radical (unpaired) electrons. The monoisotopic (exact) mass is 208 g/mol. The fraction of sp³-hybridized carbons (Fsp3) is 0.714. The minimum Gasteiger partial charge on any atom is -0.378 e. The average molecular weight is 209 g/mol. The quantitative estimate of drug-likeness (QED) is 0.360. The van der Waals surface area contributed by atoms with Gasteiger partial charge in [0.25, 0.3) is 0 Å². The fourth-order valence-corrected chi connectivity index (χ4v) is 0.670. The molecule has 0 unspecified atom stereocenters. The molecule has 0 saturated heterocycles. The first-order valence-electron chi connectivity index (χ1n) is 3.24. The van der Waals surface area contributed by atoms with Crippen LogP contribution in [0.3, 0.4) is 0 Å². The van der Waals surface area contributed by atoms with Crippen molar-refractivity contribution in [3.05, 3.63) is 12.7 Å². The molecule has 0 bridgehead atoms. The highest BCUT2D eigenvalue weighted by Gasteiger charge is 1.85. The summed E-state index contributed by atoms with van der Waals surface area (Å²) in [5.41, 5.74) is 0. The summed E-state index contributed by atoms with van der Waals surface area (Å²) in [5.74, 6) is 0. The second-order valence-electron chi connectivity index (χ2n) is 1.66. The molecular weight excluding hydrogens is 196 g/mol. The van der Waals surface area contributed by atoms with Crippen LogP contribution >= 0.6 is 15.9 Å². The van der Waals surface area contributed by atoms with Crippen LogP contribution in [0, 0.1) is 0 Å². The lowest BCUT2D eigenvalue weighted by Gasteiger charge is -2.00. The van der Waals surface area contributed by atoms with E-state index in [1.165, 1.54) is 0 Å². The lowest BCUT2D eigenvalue weighted by molar-refractivity contribution is 0.0658. The molecule has 0 heterocycles. The van der Waals surface area contributed by atoms with Crippen molar-refractivity contribution in [2.45, 2.75) is 0 Å². The summed E-state index contributed by atoms with van der Waals surface area (Å²) in [6.45, 7) is 6.20. The second-order valence-corrected chi connectivity index (χ2v) is 2.46. The molecule has 0 aromatic heterocycles. The SMILES string of the molecule is C=CCOCCOCCBr. The third-order valence-electron chi connectivity index (χ3n) is 0.829. The van der Waals surface area contributed by atoms with Gasteiger partial charge in [0.15, 0.2) is 0 Å². The maximum Gasteiger partial charge on any atom is 0.0704 e. The molecule has 0 fully saturated rings. The van der Waals surface area contributed by atoms with Gasteiger partial charge in [0.1, 0.15) is 0 Å². The van der Waals surface area contributed by atoms with Gasteiger partial charge < -0.3 is 9.47 Å². The molecule has 0 atom stereocenters. The zero-order chi connectivity index (χ0) is 7.66. The van der Waals surface area contributed by atoms with E-state index in [0.29, 0.717) is 19.8 Å². The van der Waals surface area contributed by atoms with Crippen LogP contribution in [0.2, 0.25) is 0 Å². The molecule has 0 N–H and O–H groups in total. The Morgan fingerprint density at radius 2 is 1.90 bits per heavy atom. The van der Waals surface area contributed by atoms with Crippen LogP contribution in [0.4, 0.5) is 0 Å². The maximum absolute atomic E-state index is 5.12. The van der Waals surface area contributed by atoms with E-state index in [4.69, 9.17) is 9.47 Å². The lowest BCUT2D eigenvalue weighted by atomic mass is 10.7. The largest absolute Gasteiger partial charge is 0.378 e. The molecule has 0 amide bonds. The summed E-state index contributed by atoms with van der Waals surface area (Å²) in [4.78, 5) is 0. The van der Waals surface area contributed by atoms with Crippen LogP contribution in [-0.2, 0) is 9.47 Å². The predicted molar refractivity (Wildman–Crippen MR) is 45.6 cm³/mol. The van der Waals surface area contributed by atoms with Gasteiger partial charge in [-0.05, 0) is 0 Å². The summed E-state index contributed by atoms with van der Waals surface area (Å²) in [6.07, 6.45) is 1.73. The number of hydrogen-bond acceptors (Lipinski definition) is 2. The topological polar surface area (TPSA) is 18.5 Å². The van der Waals surface area contributed by atoms with Crippen molar-refractivity contribution in [3.63, 3.8) is 0 Å². The molecule has 0 aromatic carbocycles. The van der Waals surface area contributed by atoms with Gasteiger partial charge in [0.2, 0.25) is 0 Å². The summed E-state index contributed by atoms with van der Waals surface area (Å²) in [6, 6.07) is 0. The average Bonchev–Trinajstić information content (AvgIpc) is 1.97. The van der Waals surface area contributed by atoms with E-state index in [-0.39, 0.29) is 0 Å². The first-order valence-corrected chi connectivity index (χ1v) is 4.36. The minimum absolute atomic E-state index is 0.609. The van der Waals surface area contributed by atoms with Gasteiger partial charge in [-0.1, -0.05) is 22.0 Å². The number of rotatable bonds is 7. The number of alkyl halides is 1. The zero-order valence-corrected chi connectivity index (χ0v) is 7.60. The van der Waals surface area contributed by atoms with E-state index in [1.807, 2.05) is 0 Å². The molecule has 0 saturated carbocycles. The van der Waals surface area contributed by atoms with Crippen LogP contribution in [0.5, 0.6) is 0 Å². The fourth-order valence-electron chi connectivity index (χ4n) is 0.441. The molecule has 0 aromatic rings. The van der Waals surface area contributed by atoms with Crippen molar-refractivity contribution < 1.29 is 9.47 Å². The van der Waals surface area contributed by atoms with Crippen LogP contribution in [0.1, 0.15) is 0 Å². The summed E-state index contributed by atoms with van der Waals surface area (Å²) >= 11 is 3.25. The van der Waals surface area contributed by atoms with Gasteiger partial charge in [-0.2, -0.15) is 0 Å². The molecule has 3 heteroatoms. The van der Waals surface area contributed by atoms with E-state index in [0.717, 1.165) is 11.9 Å². The van der Waals surface area contributed by atoms with Gasteiger partial charge in [-0.15, -0.1) is 6.58 Å². The number of halogens is 1. The Labute approximate surface area is 70.3 Å². The van der Waals surface area contributed by atoms with Crippen molar-refractivity contribution in [3.8, 4) is 0 Å². The molecule has 0 aliphatic rings.